The summed E-state index contributed by atoms with van der Waals surface area (Å²) in [6.45, 7) is 0.0864. The van der Waals surface area contributed by atoms with E-state index in [9.17, 15) is 13.2 Å². The third-order valence-corrected chi connectivity index (χ3v) is 4.81. The summed E-state index contributed by atoms with van der Waals surface area (Å²) in [7, 11) is 0. The fraction of sp³-hybridized carbons (Fsp3) is 0.267. The van der Waals surface area contributed by atoms with Crippen LogP contribution in [0.2, 0.25) is 10.0 Å². The van der Waals surface area contributed by atoms with E-state index in [1.54, 1.807) is 22.8 Å². The van der Waals surface area contributed by atoms with Crippen LogP contribution in [0.4, 0.5) is 19.0 Å². The van der Waals surface area contributed by atoms with E-state index in [0.717, 1.165) is 0 Å². The lowest BCUT2D eigenvalue weighted by atomic mass is 10.3. The van der Waals surface area contributed by atoms with Crippen molar-refractivity contribution in [3.63, 3.8) is 0 Å². The van der Waals surface area contributed by atoms with Crippen LogP contribution in [0.5, 0.6) is 0 Å². The molecular weight excluding hydrogens is 410 g/mol. The van der Waals surface area contributed by atoms with E-state index in [1.165, 1.54) is 18.1 Å². The number of fused-ring (bicyclic) bond motifs is 1. The fourth-order valence-corrected chi connectivity index (χ4v) is 4.01. The summed E-state index contributed by atoms with van der Waals surface area (Å²) in [6.07, 6.45) is -3.98. The highest BCUT2D eigenvalue weighted by Gasteiger charge is 2.26. The Morgan fingerprint density at radius 1 is 1.12 bits per heavy atom. The van der Waals surface area contributed by atoms with Crippen LogP contribution < -0.4 is 5.73 Å². The maximum Gasteiger partial charge on any atom is 0.389 e. The lowest BCUT2D eigenvalue weighted by Gasteiger charge is -2.10. The number of nitrogen functional groups attached to an aromatic ring is 1. The molecule has 11 heteroatoms. The molecule has 0 amide bonds. The molecule has 0 aliphatic rings. The Morgan fingerprint density at radius 2 is 1.81 bits per heavy atom. The number of nitrogens with two attached hydrogens (primary N) is 1. The van der Waals surface area contributed by atoms with Crippen molar-refractivity contribution >= 4 is 51.9 Å². The average Bonchev–Trinajstić information content (AvgIpc) is 2.84. The number of halogens is 5. The number of anilines is 1. The molecule has 0 aliphatic carbocycles. The molecule has 0 bridgehead atoms. The van der Waals surface area contributed by atoms with Crippen molar-refractivity contribution in [2.24, 2.45) is 0 Å². The van der Waals surface area contributed by atoms with Crippen molar-refractivity contribution in [2.75, 3.05) is 5.73 Å². The van der Waals surface area contributed by atoms with E-state index in [0.29, 0.717) is 31.3 Å². The Kier molecular flexibility index (Phi) is 5.50. The topological polar surface area (TPSA) is 69.6 Å². The minimum absolute atomic E-state index is 0.0864. The van der Waals surface area contributed by atoms with Crippen LogP contribution in [0.1, 0.15) is 12.8 Å². The van der Waals surface area contributed by atoms with Gasteiger partial charge in [-0.1, -0.05) is 35.0 Å². The lowest BCUT2D eigenvalue weighted by Crippen LogP contribution is -2.10. The highest BCUT2D eigenvalue weighted by molar-refractivity contribution is 7.99. The van der Waals surface area contributed by atoms with Gasteiger partial charge in [0.2, 0.25) is 0 Å². The number of imidazole rings is 1. The molecule has 0 atom stereocenters. The van der Waals surface area contributed by atoms with E-state index in [1.807, 2.05) is 0 Å². The molecule has 0 aliphatic heterocycles. The van der Waals surface area contributed by atoms with Gasteiger partial charge in [0.05, 0.1) is 0 Å². The van der Waals surface area contributed by atoms with E-state index in [2.05, 4.69) is 15.0 Å². The minimum atomic E-state index is -4.22. The standard InChI is InChI=1S/C15H12Cl2F3N5S/c16-8-4-9(17)6-10(5-8)26-14-24-11-12(21)22-7-23-13(11)25(14)3-1-2-15(18,19)20/h4-7H,1-3H2,(H2,21,22,23). The Hall–Kier alpha value is -1.71. The number of hydrogen-bond acceptors (Lipinski definition) is 5. The monoisotopic (exact) mass is 421 g/mol. The molecule has 0 saturated heterocycles. The van der Waals surface area contributed by atoms with Gasteiger partial charge >= 0.3 is 6.18 Å². The lowest BCUT2D eigenvalue weighted by molar-refractivity contribution is -0.135. The molecule has 5 nitrogen and oxygen atoms in total. The van der Waals surface area contributed by atoms with Crippen molar-refractivity contribution in [3.8, 4) is 0 Å². The molecule has 3 aromatic rings. The number of alkyl halides is 3. The van der Waals surface area contributed by atoms with Gasteiger partial charge in [-0.15, -0.1) is 0 Å². The van der Waals surface area contributed by atoms with Crippen molar-refractivity contribution < 1.29 is 13.2 Å². The van der Waals surface area contributed by atoms with Gasteiger partial charge in [-0.2, -0.15) is 13.2 Å². The number of benzene rings is 1. The Balaban J connectivity index is 1.97. The summed E-state index contributed by atoms with van der Waals surface area (Å²) in [5, 5.41) is 1.32. The number of aryl methyl sites for hydroxylation is 1. The molecule has 0 saturated carbocycles. The van der Waals surface area contributed by atoms with Crippen LogP contribution in [-0.2, 0) is 6.54 Å². The highest BCUT2D eigenvalue weighted by atomic mass is 35.5. The maximum atomic E-state index is 12.5. The second-order valence-corrected chi connectivity index (χ2v) is 7.32. The number of aromatic nitrogens is 4. The maximum absolute atomic E-state index is 12.5. The molecule has 0 radical (unpaired) electrons. The molecule has 2 aromatic heterocycles. The summed E-state index contributed by atoms with van der Waals surface area (Å²) in [5.74, 6) is 0.163. The first-order valence-electron chi connectivity index (χ1n) is 7.40. The van der Waals surface area contributed by atoms with Crippen molar-refractivity contribution in [1.82, 2.24) is 19.5 Å². The van der Waals surface area contributed by atoms with Crippen LogP contribution >= 0.6 is 35.0 Å². The zero-order valence-electron chi connectivity index (χ0n) is 13.1. The van der Waals surface area contributed by atoms with Gasteiger partial charge in [0.1, 0.15) is 6.33 Å². The number of rotatable bonds is 5. The summed E-state index contributed by atoms with van der Waals surface area (Å²) in [5.41, 5.74) is 6.55. The van der Waals surface area contributed by atoms with Gasteiger partial charge in [-0.05, 0) is 24.6 Å². The predicted molar refractivity (Wildman–Crippen MR) is 95.6 cm³/mol. The molecule has 0 fully saturated rings. The third-order valence-electron chi connectivity index (χ3n) is 3.41. The molecule has 2 N–H and O–H groups in total. The second kappa shape index (κ2) is 7.50. The van der Waals surface area contributed by atoms with Gasteiger partial charge in [-0.25, -0.2) is 15.0 Å². The number of hydrogen-bond donors (Lipinski definition) is 1. The van der Waals surface area contributed by atoms with Gasteiger partial charge < -0.3 is 10.3 Å². The van der Waals surface area contributed by atoms with Crippen LogP contribution in [0.25, 0.3) is 11.2 Å². The van der Waals surface area contributed by atoms with Crippen LogP contribution in [0, 0.1) is 0 Å². The molecule has 138 valence electrons. The quantitative estimate of drug-likeness (QED) is 0.612. The number of nitrogens with zero attached hydrogens (tertiary/aromatic N) is 4. The molecule has 3 rings (SSSR count). The largest absolute Gasteiger partial charge is 0.389 e. The van der Waals surface area contributed by atoms with Crippen LogP contribution in [-0.4, -0.2) is 25.7 Å². The smallest absolute Gasteiger partial charge is 0.382 e. The van der Waals surface area contributed by atoms with Gasteiger partial charge in [0, 0.05) is 27.9 Å². The summed E-state index contributed by atoms with van der Waals surface area (Å²) >= 11 is 13.2. The normalized spacial score (nSPS) is 12.0. The molecule has 0 unspecified atom stereocenters. The molecule has 0 spiro atoms. The summed E-state index contributed by atoms with van der Waals surface area (Å²) in [4.78, 5) is 13.1. The van der Waals surface area contributed by atoms with Gasteiger partial charge in [-0.3, -0.25) is 0 Å². The van der Waals surface area contributed by atoms with Crippen molar-refractivity contribution in [1.29, 1.82) is 0 Å². The zero-order chi connectivity index (χ0) is 18.9. The Bertz CT molecular complexity index is 925. The SMILES string of the molecule is Nc1ncnc2c1nc(Sc1cc(Cl)cc(Cl)c1)n2CCCC(F)(F)F. The molecule has 2 heterocycles. The summed E-state index contributed by atoms with van der Waals surface area (Å²) < 4.78 is 39.1. The van der Waals surface area contributed by atoms with E-state index < -0.39 is 12.6 Å². The molecule has 26 heavy (non-hydrogen) atoms. The fourth-order valence-electron chi connectivity index (χ4n) is 2.34. The van der Waals surface area contributed by atoms with Crippen LogP contribution in [0.3, 0.4) is 0 Å². The minimum Gasteiger partial charge on any atom is -0.382 e. The zero-order valence-corrected chi connectivity index (χ0v) is 15.4. The Labute approximate surface area is 160 Å². The molecular formula is C15H12Cl2F3N5S. The summed E-state index contributed by atoms with van der Waals surface area (Å²) in [6, 6.07) is 4.96. The van der Waals surface area contributed by atoms with E-state index in [-0.39, 0.29) is 18.8 Å². The van der Waals surface area contributed by atoms with Crippen molar-refractivity contribution in [2.45, 2.75) is 35.6 Å². The second-order valence-electron chi connectivity index (χ2n) is 5.40. The first-order chi connectivity index (χ1) is 12.2. The van der Waals surface area contributed by atoms with Crippen LogP contribution in [0.15, 0.2) is 34.6 Å². The first kappa shape index (κ1) is 19.1. The third kappa shape index (κ3) is 4.52. The predicted octanol–water partition coefficient (Wildman–Crippen LogP) is 5.21. The highest BCUT2D eigenvalue weighted by Crippen LogP contribution is 2.34. The molecule has 1 aromatic carbocycles. The first-order valence-corrected chi connectivity index (χ1v) is 8.97. The van der Waals surface area contributed by atoms with Crippen molar-refractivity contribution in [3.05, 3.63) is 34.6 Å². The Morgan fingerprint density at radius 3 is 2.46 bits per heavy atom. The average molecular weight is 422 g/mol. The van der Waals surface area contributed by atoms with Gasteiger partial charge in [0.25, 0.3) is 0 Å². The van der Waals surface area contributed by atoms with E-state index in [4.69, 9.17) is 28.9 Å². The van der Waals surface area contributed by atoms with Gasteiger partial charge in [0.15, 0.2) is 22.1 Å². The van der Waals surface area contributed by atoms with E-state index >= 15 is 0 Å².